The first kappa shape index (κ1) is 17.2. The predicted octanol–water partition coefficient (Wildman–Crippen LogP) is 3.35. The van der Waals surface area contributed by atoms with E-state index in [9.17, 15) is 10.1 Å². The fourth-order valence-corrected chi connectivity index (χ4v) is 2.99. The summed E-state index contributed by atoms with van der Waals surface area (Å²) in [5.41, 5.74) is 2.72. The number of methoxy groups -OCH3 is 1. The Labute approximate surface area is 146 Å². The van der Waals surface area contributed by atoms with E-state index >= 15 is 0 Å². The van der Waals surface area contributed by atoms with E-state index in [2.05, 4.69) is 21.3 Å². The SMILES string of the molecule is COCc1cc([N+](=O)[O-])ccc1NCc1ccc(N2CCCC2)nc1. The lowest BCUT2D eigenvalue weighted by molar-refractivity contribution is -0.384. The van der Waals surface area contributed by atoms with E-state index in [1.165, 1.54) is 18.9 Å². The number of pyridine rings is 1. The Balaban J connectivity index is 1.67. The van der Waals surface area contributed by atoms with Crippen LogP contribution in [0.5, 0.6) is 0 Å². The van der Waals surface area contributed by atoms with Gasteiger partial charge in [-0.05, 0) is 30.5 Å². The highest BCUT2D eigenvalue weighted by atomic mass is 16.6. The number of rotatable bonds is 7. The van der Waals surface area contributed by atoms with Gasteiger partial charge in [0, 0.05) is 56.3 Å². The second-order valence-corrected chi connectivity index (χ2v) is 6.10. The van der Waals surface area contributed by atoms with Crippen molar-refractivity contribution in [2.75, 3.05) is 30.4 Å². The third-order valence-electron chi connectivity index (χ3n) is 4.32. The van der Waals surface area contributed by atoms with Crippen molar-refractivity contribution in [1.29, 1.82) is 0 Å². The molecule has 25 heavy (non-hydrogen) atoms. The van der Waals surface area contributed by atoms with Crippen molar-refractivity contribution in [3.05, 3.63) is 57.8 Å². The van der Waals surface area contributed by atoms with Gasteiger partial charge in [0.25, 0.3) is 5.69 Å². The molecule has 1 aliphatic rings. The van der Waals surface area contributed by atoms with E-state index in [1.54, 1.807) is 19.2 Å². The Morgan fingerprint density at radius 2 is 2.08 bits per heavy atom. The maximum atomic E-state index is 10.9. The van der Waals surface area contributed by atoms with Crippen molar-refractivity contribution < 1.29 is 9.66 Å². The van der Waals surface area contributed by atoms with E-state index in [0.29, 0.717) is 13.2 Å². The molecule has 1 aromatic heterocycles. The molecule has 1 saturated heterocycles. The summed E-state index contributed by atoms with van der Waals surface area (Å²) < 4.78 is 5.15. The van der Waals surface area contributed by atoms with Gasteiger partial charge >= 0.3 is 0 Å². The summed E-state index contributed by atoms with van der Waals surface area (Å²) in [6, 6.07) is 8.87. The number of nitrogens with zero attached hydrogens (tertiary/aromatic N) is 3. The maximum Gasteiger partial charge on any atom is 0.269 e. The van der Waals surface area contributed by atoms with Crippen LogP contribution in [0.25, 0.3) is 0 Å². The third-order valence-corrected chi connectivity index (χ3v) is 4.32. The second-order valence-electron chi connectivity index (χ2n) is 6.10. The zero-order valence-electron chi connectivity index (χ0n) is 14.3. The fourth-order valence-electron chi connectivity index (χ4n) is 2.99. The Bertz CT molecular complexity index is 728. The molecule has 0 amide bonds. The first-order valence-electron chi connectivity index (χ1n) is 8.37. The molecule has 0 unspecified atom stereocenters. The molecular weight excluding hydrogens is 320 g/mol. The third kappa shape index (κ3) is 4.24. The van der Waals surface area contributed by atoms with Gasteiger partial charge < -0.3 is 15.0 Å². The monoisotopic (exact) mass is 342 g/mol. The van der Waals surface area contributed by atoms with Crippen molar-refractivity contribution in [2.45, 2.75) is 26.0 Å². The van der Waals surface area contributed by atoms with Crippen LogP contribution in [0.1, 0.15) is 24.0 Å². The molecule has 2 heterocycles. The van der Waals surface area contributed by atoms with Gasteiger partial charge in [0.2, 0.25) is 0 Å². The number of non-ortho nitro benzene ring substituents is 1. The normalized spacial score (nSPS) is 13.9. The molecule has 0 aliphatic carbocycles. The number of nitro groups is 1. The van der Waals surface area contributed by atoms with Gasteiger partial charge in [0.05, 0.1) is 11.5 Å². The molecule has 0 saturated carbocycles. The van der Waals surface area contributed by atoms with Gasteiger partial charge in [-0.1, -0.05) is 6.07 Å². The van der Waals surface area contributed by atoms with Gasteiger partial charge in [0.15, 0.2) is 0 Å². The number of nitro benzene ring substituents is 1. The van der Waals surface area contributed by atoms with E-state index in [1.807, 2.05) is 12.3 Å². The van der Waals surface area contributed by atoms with Gasteiger partial charge in [-0.2, -0.15) is 0 Å². The van der Waals surface area contributed by atoms with Crippen molar-refractivity contribution in [1.82, 2.24) is 4.98 Å². The van der Waals surface area contributed by atoms with E-state index in [4.69, 9.17) is 4.74 Å². The summed E-state index contributed by atoms with van der Waals surface area (Å²) in [5, 5.41) is 14.2. The van der Waals surface area contributed by atoms with Crippen molar-refractivity contribution in [2.24, 2.45) is 0 Å². The summed E-state index contributed by atoms with van der Waals surface area (Å²) in [4.78, 5) is 17.4. The van der Waals surface area contributed by atoms with Crippen LogP contribution in [-0.4, -0.2) is 30.1 Å². The van der Waals surface area contributed by atoms with Crippen LogP contribution in [0.2, 0.25) is 0 Å². The van der Waals surface area contributed by atoms with E-state index in [0.717, 1.165) is 35.7 Å². The van der Waals surface area contributed by atoms with Crippen molar-refractivity contribution in [3.63, 3.8) is 0 Å². The van der Waals surface area contributed by atoms with Gasteiger partial charge in [0.1, 0.15) is 5.82 Å². The molecule has 2 aromatic rings. The Morgan fingerprint density at radius 3 is 2.72 bits per heavy atom. The molecule has 1 fully saturated rings. The van der Waals surface area contributed by atoms with Gasteiger partial charge in [-0.3, -0.25) is 10.1 Å². The van der Waals surface area contributed by atoms with Crippen LogP contribution in [-0.2, 0) is 17.9 Å². The summed E-state index contributed by atoms with van der Waals surface area (Å²) in [6.45, 7) is 3.07. The lowest BCUT2D eigenvalue weighted by atomic mass is 10.1. The van der Waals surface area contributed by atoms with Gasteiger partial charge in [-0.15, -0.1) is 0 Å². The fraction of sp³-hybridized carbons (Fsp3) is 0.389. The largest absolute Gasteiger partial charge is 0.381 e. The Morgan fingerprint density at radius 1 is 1.28 bits per heavy atom. The van der Waals surface area contributed by atoms with E-state index < -0.39 is 4.92 Å². The molecule has 3 rings (SSSR count). The molecular formula is C18H22N4O3. The average Bonchev–Trinajstić information content (AvgIpc) is 3.16. The van der Waals surface area contributed by atoms with E-state index in [-0.39, 0.29) is 5.69 Å². The summed E-state index contributed by atoms with van der Waals surface area (Å²) in [7, 11) is 1.57. The summed E-state index contributed by atoms with van der Waals surface area (Å²) >= 11 is 0. The average molecular weight is 342 g/mol. The van der Waals surface area contributed by atoms with Crippen LogP contribution >= 0.6 is 0 Å². The minimum Gasteiger partial charge on any atom is -0.381 e. The van der Waals surface area contributed by atoms with Crippen LogP contribution in [0.4, 0.5) is 17.2 Å². The molecule has 1 aromatic carbocycles. The molecule has 0 spiro atoms. The first-order valence-corrected chi connectivity index (χ1v) is 8.37. The maximum absolute atomic E-state index is 10.9. The summed E-state index contributed by atoms with van der Waals surface area (Å²) in [5.74, 6) is 1.02. The number of aromatic nitrogens is 1. The highest BCUT2D eigenvalue weighted by Gasteiger charge is 2.13. The lowest BCUT2D eigenvalue weighted by Crippen LogP contribution is -2.18. The second kappa shape index (κ2) is 7.94. The first-order chi connectivity index (χ1) is 12.2. The molecule has 1 aliphatic heterocycles. The Kier molecular flexibility index (Phi) is 5.45. The topological polar surface area (TPSA) is 80.5 Å². The molecule has 132 valence electrons. The van der Waals surface area contributed by atoms with Crippen LogP contribution in [0.15, 0.2) is 36.5 Å². The van der Waals surface area contributed by atoms with Crippen LogP contribution < -0.4 is 10.2 Å². The highest BCUT2D eigenvalue weighted by Crippen LogP contribution is 2.24. The number of hydrogen-bond donors (Lipinski definition) is 1. The van der Waals surface area contributed by atoms with Crippen molar-refractivity contribution in [3.8, 4) is 0 Å². The minimum atomic E-state index is -0.399. The number of anilines is 2. The standard InChI is InChI=1S/C18H22N4O3/c1-25-13-15-10-16(22(23)24)5-6-17(15)19-11-14-4-7-18(20-12-14)21-8-2-3-9-21/h4-7,10,12,19H,2-3,8-9,11,13H2,1H3. The number of benzene rings is 1. The molecule has 7 heteroatoms. The quantitative estimate of drug-likeness (QED) is 0.614. The zero-order valence-corrected chi connectivity index (χ0v) is 14.3. The lowest BCUT2D eigenvalue weighted by Gasteiger charge is -2.16. The highest BCUT2D eigenvalue weighted by molar-refractivity contribution is 5.56. The number of nitrogens with one attached hydrogen (secondary N) is 1. The number of hydrogen-bond acceptors (Lipinski definition) is 6. The molecule has 0 atom stereocenters. The molecule has 1 N–H and O–H groups in total. The van der Waals surface area contributed by atoms with Crippen LogP contribution in [0, 0.1) is 10.1 Å². The molecule has 0 bridgehead atoms. The van der Waals surface area contributed by atoms with Crippen LogP contribution in [0.3, 0.4) is 0 Å². The van der Waals surface area contributed by atoms with Crippen molar-refractivity contribution >= 4 is 17.2 Å². The van der Waals surface area contributed by atoms with Gasteiger partial charge in [-0.25, -0.2) is 4.98 Å². The molecule has 7 nitrogen and oxygen atoms in total. The Hall–Kier alpha value is -2.67. The molecule has 0 radical (unpaired) electrons. The smallest absolute Gasteiger partial charge is 0.269 e. The predicted molar refractivity (Wildman–Crippen MR) is 96.8 cm³/mol. The summed E-state index contributed by atoms with van der Waals surface area (Å²) in [6.07, 6.45) is 4.34. The number of ether oxygens (including phenoxy) is 1. The minimum absolute atomic E-state index is 0.0641. The zero-order chi connectivity index (χ0) is 17.6.